The van der Waals surface area contributed by atoms with Crippen molar-refractivity contribution in [2.45, 2.75) is 96.5 Å². The minimum atomic E-state index is -1.99. The third-order valence-electron chi connectivity index (χ3n) is 3.70. The van der Waals surface area contributed by atoms with Gasteiger partial charge < -0.3 is 28.4 Å². The minimum absolute atomic E-state index is 0.240. The molecule has 0 aromatic heterocycles. The maximum atomic E-state index is 11.7. The highest BCUT2D eigenvalue weighted by Gasteiger charge is 2.50. The van der Waals surface area contributed by atoms with Crippen LogP contribution in [0.3, 0.4) is 0 Å². The van der Waals surface area contributed by atoms with Gasteiger partial charge in [-0.15, -0.1) is 0 Å². The van der Waals surface area contributed by atoms with E-state index in [0.717, 1.165) is 0 Å². The fourth-order valence-corrected chi connectivity index (χ4v) is 5.74. The zero-order valence-corrected chi connectivity index (χ0v) is 21.6. The number of hydrogen-bond acceptors (Lipinski definition) is 6. The molecule has 0 aromatic rings. The summed E-state index contributed by atoms with van der Waals surface area (Å²) in [6.07, 6.45) is -2.54. The van der Waals surface area contributed by atoms with E-state index in [9.17, 15) is 9.90 Å². The Hall–Kier alpha value is -0.0794. The molecule has 1 fully saturated rings. The van der Waals surface area contributed by atoms with E-state index >= 15 is 0 Å². The molecule has 7 nitrogen and oxygen atoms in total. The molecule has 0 spiro atoms. The van der Waals surface area contributed by atoms with E-state index in [2.05, 4.69) is 64.2 Å². The molecule has 27 heavy (non-hydrogen) atoms. The van der Waals surface area contributed by atoms with E-state index < -0.39 is 55.6 Å². The van der Waals surface area contributed by atoms with E-state index in [1.165, 1.54) is 6.92 Å². The van der Waals surface area contributed by atoms with Crippen molar-refractivity contribution in [3.05, 3.63) is 0 Å². The Balaban J connectivity index is 3.22. The molecule has 0 unspecified atom stereocenters. The average Bonchev–Trinajstić information content (AvgIpc) is 2.40. The van der Waals surface area contributed by atoms with Gasteiger partial charge in [0, 0.05) is 6.92 Å². The molecule has 0 aromatic carbocycles. The Morgan fingerprint density at radius 2 is 1.41 bits per heavy atom. The van der Waals surface area contributed by atoms with Crippen molar-refractivity contribution < 1.29 is 27.9 Å². The van der Waals surface area contributed by atoms with Crippen molar-refractivity contribution in [2.24, 2.45) is 0 Å². The van der Waals surface area contributed by atoms with Crippen LogP contribution in [-0.4, -0.2) is 73.2 Å². The summed E-state index contributed by atoms with van der Waals surface area (Å²) in [5.41, 5.74) is 0. The summed E-state index contributed by atoms with van der Waals surface area (Å²) in [5.74, 6) is -0.240. The van der Waals surface area contributed by atoms with E-state index in [0.29, 0.717) is 6.61 Å². The van der Waals surface area contributed by atoms with Gasteiger partial charge in [-0.05, 0) is 58.9 Å². The molecule has 0 radical (unpaired) electrons. The summed E-state index contributed by atoms with van der Waals surface area (Å²) in [7, 11) is -5.71. The van der Waals surface area contributed by atoms with Crippen LogP contribution in [-0.2, 0) is 22.8 Å². The lowest BCUT2D eigenvalue weighted by Gasteiger charge is -2.48. The van der Waals surface area contributed by atoms with Crippen LogP contribution in [0.4, 0.5) is 0 Å². The maximum Gasteiger partial charge on any atom is 0.217 e. The van der Waals surface area contributed by atoms with Crippen LogP contribution in [0.1, 0.15) is 6.92 Å². The summed E-state index contributed by atoms with van der Waals surface area (Å²) in [4.78, 5) is 11.7. The van der Waals surface area contributed by atoms with E-state index in [1.54, 1.807) is 0 Å². The van der Waals surface area contributed by atoms with Crippen molar-refractivity contribution >= 4 is 30.9 Å². The molecular weight excluding hydrogens is 398 g/mol. The zero-order valence-electron chi connectivity index (χ0n) is 18.6. The molecule has 0 bridgehead atoms. The lowest BCUT2D eigenvalue weighted by molar-refractivity contribution is -0.245. The first-order valence-electron chi connectivity index (χ1n) is 9.59. The normalized spacial score (nSPS) is 30.3. The third kappa shape index (κ3) is 9.31. The van der Waals surface area contributed by atoms with Gasteiger partial charge in [-0.3, -0.25) is 4.79 Å². The number of aliphatic hydroxyl groups excluding tert-OH is 1. The van der Waals surface area contributed by atoms with Gasteiger partial charge in [-0.2, -0.15) is 0 Å². The van der Waals surface area contributed by atoms with Crippen molar-refractivity contribution in [2.75, 3.05) is 6.61 Å². The molecule has 1 rings (SSSR count). The Bertz CT molecular complexity index is 500. The number of carbonyl (C=O) groups is 1. The fourth-order valence-electron chi connectivity index (χ4n) is 2.87. The topological polar surface area (TPSA) is 86.3 Å². The van der Waals surface area contributed by atoms with E-state index in [-0.39, 0.29) is 5.91 Å². The second kappa shape index (κ2) is 9.16. The minimum Gasteiger partial charge on any atom is -0.415 e. The first-order valence-corrected chi connectivity index (χ1v) is 19.8. The second-order valence-electron chi connectivity index (χ2n) is 10.1. The summed E-state index contributed by atoms with van der Waals surface area (Å²) in [6, 6.07) is -0.682. The predicted octanol–water partition coefficient (Wildman–Crippen LogP) is 2.50. The fraction of sp³-hybridized carbons (Fsp3) is 0.941. The van der Waals surface area contributed by atoms with Crippen molar-refractivity contribution in [1.82, 2.24) is 5.32 Å². The summed E-state index contributed by atoms with van der Waals surface area (Å²) >= 11 is 0. The maximum absolute atomic E-state index is 11.7. The van der Waals surface area contributed by atoms with Gasteiger partial charge >= 0.3 is 0 Å². The van der Waals surface area contributed by atoms with Crippen LogP contribution in [0.2, 0.25) is 58.9 Å². The highest BCUT2D eigenvalue weighted by molar-refractivity contribution is 6.70. The van der Waals surface area contributed by atoms with Gasteiger partial charge in [0.05, 0.1) is 12.7 Å². The molecule has 0 saturated carbocycles. The molecule has 2 N–H and O–H groups in total. The molecule has 5 atom stereocenters. The number of amides is 1. The predicted molar refractivity (Wildman–Crippen MR) is 114 cm³/mol. The molecule has 1 aliphatic rings. The number of carbonyl (C=O) groups excluding carboxylic acids is 1. The van der Waals surface area contributed by atoms with Gasteiger partial charge in [-0.25, -0.2) is 0 Å². The van der Waals surface area contributed by atoms with Crippen molar-refractivity contribution in [3.63, 3.8) is 0 Å². The first kappa shape index (κ1) is 25.0. The van der Waals surface area contributed by atoms with Crippen LogP contribution >= 0.6 is 0 Å². The Morgan fingerprint density at radius 1 is 0.926 bits per heavy atom. The molecular formula is C17H39NO6Si3. The Kier molecular flexibility index (Phi) is 8.47. The Morgan fingerprint density at radius 3 is 1.81 bits per heavy atom. The smallest absolute Gasteiger partial charge is 0.217 e. The highest BCUT2D eigenvalue weighted by Crippen LogP contribution is 2.30. The number of aliphatic hydroxyl groups is 1. The van der Waals surface area contributed by atoms with Gasteiger partial charge in [0.15, 0.2) is 31.2 Å². The lowest BCUT2D eigenvalue weighted by atomic mass is 9.97. The summed E-state index contributed by atoms with van der Waals surface area (Å²) < 4.78 is 24.8. The van der Waals surface area contributed by atoms with Gasteiger partial charge in [-0.1, -0.05) is 0 Å². The van der Waals surface area contributed by atoms with Crippen LogP contribution in [0.5, 0.6) is 0 Å². The molecule has 1 heterocycles. The standard InChI is InChI=1S/C17H39NO6Si3/c1-12(19)18-14-16(24-27(8,9)10)15(23-26(5,6)7)13(22-17(14)20)11-21-25(2,3)4/h13-17,20H,11H2,1-10H3,(H,18,19)/t13-,14+,15-,16-,17+/m1/s1. The van der Waals surface area contributed by atoms with Crippen molar-refractivity contribution in [3.8, 4) is 0 Å². The van der Waals surface area contributed by atoms with Crippen LogP contribution in [0, 0.1) is 0 Å². The third-order valence-corrected chi connectivity index (χ3v) is 6.69. The number of rotatable bonds is 8. The van der Waals surface area contributed by atoms with Crippen LogP contribution in [0.15, 0.2) is 0 Å². The number of nitrogens with one attached hydrogen (secondary N) is 1. The quantitative estimate of drug-likeness (QED) is 0.568. The molecule has 1 aliphatic heterocycles. The van der Waals surface area contributed by atoms with Gasteiger partial charge in [0.2, 0.25) is 5.91 Å². The van der Waals surface area contributed by atoms with Crippen LogP contribution < -0.4 is 5.32 Å². The SMILES string of the molecule is CC(=O)N[C@H]1[C@@H](O[Si](C)(C)C)[C@H](O[Si](C)(C)C)[C@@H](CO[Si](C)(C)C)O[C@@H]1O. The first-order chi connectivity index (χ1) is 12.0. The Labute approximate surface area is 167 Å². The highest BCUT2D eigenvalue weighted by atomic mass is 28.4. The molecule has 0 aliphatic carbocycles. The molecule has 160 valence electrons. The monoisotopic (exact) mass is 437 g/mol. The number of ether oxygens (including phenoxy) is 1. The lowest BCUT2D eigenvalue weighted by Crippen LogP contribution is -2.68. The summed E-state index contributed by atoms with van der Waals surface area (Å²) in [6.45, 7) is 20.6. The van der Waals surface area contributed by atoms with Gasteiger partial charge in [0.1, 0.15) is 18.2 Å². The second-order valence-corrected chi connectivity index (χ2v) is 23.5. The molecule has 10 heteroatoms. The summed E-state index contributed by atoms with van der Waals surface area (Å²) in [5, 5.41) is 13.4. The van der Waals surface area contributed by atoms with E-state index in [1.807, 2.05) is 0 Å². The zero-order chi connectivity index (χ0) is 21.2. The molecule has 1 saturated heterocycles. The van der Waals surface area contributed by atoms with E-state index in [4.69, 9.17) is 18.0 Å². The largest absolute Gasteiger partial charge is 0.415 e. The van der Waals surface area contributed by atoms with Gasteiger partial charge in [0.25, 0.3) is 0 Å². The van der Waals surface area contributed by atoms with Crippen LogP contribution in [0.25, 0.3) is 0 Å². The number of hydrogen-bond donors (Lipinski definition) is 2. The average molecular weight is 438 g/mol. The molecule has 1 amide bonds. The van der Waals surface area contributed by atoms with Crippen molar-refractivity contribution in [1.29, 1.82) is 0 Å².